The Morgan fingerprint density at radius 1 is 1.57 bits per heavy atom. The Bertz CT molecular complexity index is 305. The van der Waals surface area contributed by atoms with Crippen LogP contribution in [-0.4, -0.2) is 26.4 Å². The Hall–Kier alpha value is -0.480. The fourth-order valence-corrected chi connectivity index (χ4v) is 2.98. The van der Waals surface area contributed by atoms with Crippen molar-refractivity contribution in [1.82, 2.24) is 9.78 Å². The Balaban J connectivity index is 2.14. The van der Waals surface area contributed by atoms with Gasteiger partial charge in [0.05, 0.1) is 18.0 Å². The molecule has 2 heterocycles. The first kappa shape index (κ1) is 10.1. The third-order valence-corrected chi connectivity index (χ3v) is 3.85. The molecular weight excluding hydrogens is 196 g/mol. The molecule has 1 aromatic rings. The number of hydrogen-bond donors (Lipinski definition) is 1. The van der Waals surface area contributed by atoms with Crippen LogP contribution in [-0.2, 0) is 13.7 Å². The first-order valence-electron chi connectivity index (χ1n) is 5.02. The highest BCUT2D eigenvalue weighted by Gasteiger charge is 2.19. The third kappa shape index (κ3) is 1.96. The predicted octanol–water partition coefficient (Wildman–Crippen LogP) is 1.52. The molecule has 1 aliphatic rings. The van der Waals surface area contributed by atoms with Crippen molar-refractivity contribution < 1.29 is 5.11 Å². The average Bonchev–Trinajstić information content (AvgIpc) is 2.61. The molecule has 0 aromatic carbocycles. The van der Waals surface area contributed by atoms with Crippen molar-refractivity contribution in [3.63, 3.8) is 0 Å². The smallest absolute Gasteiger partial charge is 0.0849 e. The lowest BCUT2D eigenvalue weighted by atomic mass is 9.99. The van der Waals surface area contributed by atoms with E-state index in [1.165, 1.54) is 24.3 Å². The molecule has 0 unspecified atom stereocenters. The predicted molar refractivity (Wildman–Crippen MR) is 58.4 cm³/mol. The Morgan fingerprint density at radius 2 is 2.29 bits per heavy atom. The van der Waals surface area contributed by atoms with Gasteiger partial charge in [0.25, 0.3) is 0 Å². The molecule has 0 aliphatic carbocycles. The minimum absolute atomic E-state index is 0.0883. The Kier molecular flexibility index (Phi) is 3.13. The molecule has 0 radical (unpaired) electrons. The summed E-state index contributed by atoms with van der Waals surface area (Å²) in [5.41, 5.74) is 2.08. The van der Waals surface area contributed by atoms with Crippen molar-refractivity contribution in [2.24, 2.45) is 7.05 Å². The van der Waals surface area contributed by atoms with Gasteiger partial charge in [0.15, 0.2) is 0 Å². The second-order valence-electron chi connectivity index (χ2n) is 3.73. The molecule has 0 atom stereocenters. The first-order chi connectivity index (χ1) is 6.81. The van der Waals surface area contributed by atoms with Gasteiger partial charge in [-0.1, -0.05) is 0 Å². The van der Waals surface area contributed by atoms with Gasteiger partial charge in [-0.3, -0.25) is 4.68 Å². The van der Waals surface area contributed by atoms with E-state index in [0.29, 0.717) is 5.92 Å². The zero-order valence-electron chi connectivity index (χ0n) is 8.44. The average molecular weight is 212 g/mol. The first-order valence-corrected chi connectivity index (χ1v) is 6.18. The van der Waals surface area contributed by atoms with Crippen molar-refractivity contribution >= 4 is 11.8 Å². The molecule has 14 heavy (non-hydrogen) atoms. The lowest BCUT2D eigenvalue weighted by Gasteiger charge is -2.18. The highest BCUT2D eigenvalue weighted by Crippen LogP contribution is 2.30. The lowest BCUT2D eigenvalue weighted by Crippen LogP contribution is -2.08. The summed E-state index contributed by atoms with van der Waals surface area (Å²) in [6.07, 6.45) is 2.46. The van der Waals surface area contributed by atoms with Gasteiger partial charge >= 0.3 is 0 Å². The molecule has 1 saturated heterocycles. The Morgan fingerprint density at radius 3 is 2.86 bits per heavy atom. The molecule has 0 bridgehead atoms. The molecule has 1 N–H and O–H groups in total. The summed E-state index contributed by atoms with van der Waals surface area (Å²) in [7, 11) is 1.90. The van der Waals surface area contributed by atoms with Crippen LogP contribution in [0.1, 0.15) is 30.1 Å². The number of rotatable bonds is 2. The van der Waals surface area contributed by atoms with Gasteiger partial charge in [0.1, 0.15) is 0 Å². The fraction of sp³-hybridized carbons (Fsp3) is 0.700. The van der Waals surface area contributed by atoms with Crippen LogP contribution in [0, 0.1) is 0 Å². The summed E-state index contributed by atoms with van der Waals surface area (Å²) in [6, 6.07) is 2.04. The van der Waals surface area contributed by atoms with Crippen LogP contribution in [0.25, 0.3) is 0 Å². The van der Waals surface area contributed by atoms with Crippen molar-refractivity contribution in [1.29, 1.82) is 0 Å². The summed E-state index contributed by atoms with van der Waals surface area (Å²) >= 11 is 2.03. The number of aliphatic hydroxyl groups excluding tert-OH is 1. The van der Waals surface area contributed by atoms with E-state index in [0.717, 1.165) is 11.4 Å². The SMILES string of the molecule is Cn1nc(C2CCSCC2)cc1CO. The maximum Gasteiger partial charge on any atom is 0.0849 e. The highest BCUT2D eigenvalue weighted by molar-refractivity contribution is 7.99. The summed E-state index contributed by atoms with van der Waals surface area (Å²) in [6.45, 7) is 0.0883. The van der Waals surface area contributed by atoms with Gasteiger partial charge < -0.3 is 5.11 Å². The van der Waals surface area contributed by atoms with Gasteiger partial charge in [-0.25, -0.2) is 0 Å². The van der Waals surface area contributed by atoms with Gasteiger partial charge in [-0.15, -0.1) is 0 Å². The van der Waals surface area contributed by atoms with Gasteiger partial charge in [0.2, 0.25) is 0 Å². The molecule has 1 aromatic heterocycles. The molecule has 2 rings (SSSR count). The van der Waals surface area contributed by atoms with Crippen molar-refractivity contribution in [3.05, 3.63) is 17.5 Å². The van der Waals surface area contributed by atoms with Crippen LogP contribution in [0.4, 0.5) is 0 Å². The standard InChI is InChI=1S/C10H16N2OS/c1-12-9(7-13)6-10(11-12)8-2-4-14-5-3-8/h6,8,13H,2-5,7H2,1H3. The molecule has 78 valence electrons. The van der Waals surface area contributed by atoms with E-state index in [-0.39, 0.29) is 6.61 Å². The maximum atomic E-state index is 9.07. The number of aromatic nitrogens is 2. The summed E-state index contributed by atoms with van der Waals surface area (Å²) < 4.78 is 1.79. The second-order valence-corrected chi connectivity index (χ2v) is 4.95. The van der Waals surface area contributed by atoms with Gasteiger partial charge in [0, 0.05) is 13.0 Å². The van der Waals surface area contributed by atoms with E-state index in [2.05, 4.69) is 5.10 Å². The number of aliphatic hydroxyl groups is 1. The van der Waals surface area contributed by atoms with Crippen LogP contribution in [0.2, 0.25) is 0 Å². The zero-order valence-corrected chi connectivity index (χ0v) is 9.26. The van der Waals surface area contributed by atoms with Crippen LogP contribution < -0.4 is 0 Å². The molecule has 4 heteroatoms. The van der Waals surface area contributed by atoms with E-state index < -0.39 is 0 Å². The number of aryl methyl sites for hydroxylation is 1. The topological polar surface area (TPSA) is 38.0 Å². The van der Waals surface area contributed by atoms with Crippen LogP contribution in [0.15, 0.2) is 6.07 Å². The van der Waals surface area contributed by atoms with E-state index in [4.69, 9.17) is 5.11 Å². The normalized spacial score (nSPS) is 18.7. The van der Waals surface area contributed by atoms with Crippen LogP contribution >= 0.6 is 11.8 Å². The summed E-state index contributed by atoms with van der Waals surface area (Å²) in [4.78, 5) is 0. The second kappa shape index (κ2) is 4.36. The van der Waals surface area contributed by atoms with E-state index in [9.17, 15) is 0 Å². The monoisotopic (exact) mass is 212 g/mol. The van der Waals surface area contributed by atoms with Crippen molar-refractivity contribution in [3.8, 4) is 0 Å². The number of nitrogens with zero attached hydrogens (tertiary/aromatic N) is 2. The van der Waals surface area contributed by atoms with Crippen LogP contribution in [0.5, 0.6) is 0 Å². The molecular formula is C10H16N2OS. The largest absolute Gasteiger partial charge is 0.390 e. The van der Waals surface area contributed by atoms with Gasteiger partial charge in [-0.2, -0.15) is 16.9 Å². The molecule has 0 saturated carbocycles. The Labute approximate surface area is 88.5 Å². The minimum atomic E-state index is 0.0883. The maximum absolute atomic E-state index is 9.07. The number of thioether (sulfide) groups is 1. The molecule has 1 fully saturated rings. The third-order valence-electron chi connectivity index (χ3n) is 2.80. The molecule has 0 amide bonds. The van der Waals surface area contributed by atoms with Crippen LogP contribution in [0.3, 0.4) is 0 Å². The van der Waals surface area contributed by atoms with Crippen molar-refractivity contribution in [2.75, 3.05) is 11.5 Å². The van der Waals surface area contributed by atoms with Gasteiger partial charge in [-0.05, 0) is 30.4 Å². The highest BCUT2D eigenvalue weighted by atomic mass is 32.2. The lowest BCUT2D eigenvalue weighted by molar-refractivity contribution is 0.270. The van der Waals surface area contributed by atoms with E-state index in [1.807, 2.05) is 24.9 Å². The molecule has 0 spiro atoms. The summed E-state index contributed by atoms with van der Waals surface area (Å²) in [5.74, 6) is 3.11. The zero-order chi connectivity index (χ0) is 9.97. The quantitative estimate of drug-likeness (QED) is 0.808. The summed E-state index contributed by atoms with van der Waals surface area (Å²) in [5, 5.41) is 13.5. The number of hydrogen-bond acceptors (Lipinski definition) is 3. The molecule has 1 aliphatic heterocycles. The van der Waals surface area contributed by atoms with E-state index in [1.54, 1.807) is 4.68 Å². The van der Waals surface area contributed by atoms with E-state index >= 15 is 0 Å². The fourth-order valence-electron chi connectivity index (χ4n) is 1.87. The minimum Gasteiger partial charge on any atom is -0.390 e. The van der Waals surface area contributed by atoms with Crippen molar-refractivity contribution in [2.45, 2.75) is 25.4 Å². The molecule has 3 nitrogen and oxygen atoms in total.